The Balaban J connectivity index is 1.60. The van der Waals surface area contributed by atoms with Gasteiger partial charge in [-0.3, -0.25) is 9.69 Å². The fourth-order valence-corrected chi connectivity index (χ4v) is 4.13. The van der Waals surface area contributed by atoms with E-state index in [9.17, 15) is 4.79 Å². The van der Waals surface area contributed by atoms with Crippen molar-refractivity contribution in [2.45, 2.75) is 32.4 Å². The van der Waals surface area contributed by atoms with Crippen molar-refractivity contribution in [1.82, 2.24) is 10.2 Å². The number of hydrogen-bond donors (Lipinski definition) is 1. The first kappa shape index (κ1) is 20.5. The predicted octanol–water partition coefficient (Wildman–Crippen LogP) is 5.74. The maximum absolute atomic E-state index is 12.8. The lowest BCUT2D eigenvalue weighted by atomic mass is 9.96. The van der Waals surface area contributed by atoms with Crippen molar-refractivity contribution in [1.29, 1.82) is 0 Å². The molecule has 0 saturated carbocycles. The summed E-state index contributed by atoms with van der Waals surface area (Å²) in [6.07, 6.45) is 1.88. The molecule has 0 aromatic heterocycles. The first-order chi connectivity index (χ1) is 12.9. The minimum absolute atomic E-state index is 0.0326. The van der Waals surface area contributed by atoms with Crippen LogP contribution >= 0.6 is 34.8 Å². The summed E-state index contributed by atoms with van der Waals surface area (Å²) in [5.74, 6) is 0.0576. The zero-order valence-corrected chi connectivity index (χ0v) is 17.5. The SMILES string of the molecule is CC(NC(=O)C1CCCN(Cc2c(Cl)cccc2Cl)C1)c1ccc(Cl)cc1. The van der Waals surface area contributed by atoms with Gasteiger partial charge in [0.15, 0.2) is 0 Å². The second kappa shape index (κ2) is 9.29. The van der Waals surface area contributed by atoms with Gasteiger partial charge >= 0.3 is 0 Å². The van der Waals surface area contributed by atoms with Crippen LogP contribution in [0.1, 0.15) is 36.9 Å². The van der Waals surface area contributed by atoms with E-state index in [4.69, 9.17) is 34.8 Å². The molecular formula is C21H23Cl3N2O. The van der Waals surface area contributed by atoms with E-state index in [2.05, 4.69) is 10.2 Å². The summed E-state index contributed by atoms with van der Waals surface area (Å²) in [6, 6.07) is 13.1. The third kappa shape index (κ3) is 5.39. The maximum Gasteiger partial charge on any atom is 0.224 e. The molecule has 6 heteroatoms. The van der Waals surface area contributed by atoms with E-state index in [0.29, 0.717) is 28.2 Å². The van der Waals surface area contributed by atoms with Crippen molar-refractivity contribution >= 4 is 40.7 Å². The number of halogens is 3. The van der Waals surface area contributed by atoms with E-state index in [1.807, 2.05) is 49.4 Å². The average Bonchev–Trinajstić information content (AvgIpc) is 2.65. The maximum atomic E-state index is 12.8. The molecule has 27 heavy (non-hydrogen) atoms. The Morgan fingerprint density at radius 2 is 1.81 bits per heavy atom. The van der Waals surface area contributed by atoms with Crippen LogP contribution in [0.15, 0.2) is 42.5 Å². The Morgan fingerprint density at radius 3 is 2.48 bits per heavy atom. The number of carbonyl (C=O) groups excluding carboxylic acids is 1. The molecule has 1 saturated heterocycles. The topological polar surface area (TPSA) is 32.3 Å². The summed E-state index contributed by atoms with van der Waals surface area (Å²) in [5, 5.41) is 5.17. The number of hydrogen-bond acceptors (Lipinski definition) is 2. The van der Waals surface area contributed by atoms with Gasteiger partial charge < -0.3 is 5.32 Å². The molecule has 1 fully saturated rings. The van der Waals surface area contributed by atoms with Gasteiger partial charge in [0.1, 0.15) is 0 Å². The highest BCUT2D eigenvalue weighted by Crippen LogP contribution is 2.28. The largest absolute Gasteiger partial charge is 0.349 e. The van der Waals surface area contributed by atoms with Crippen molar-refractivity contribution in [2.24, 2.45) is 5.92 Å². The number of piperidine rings is 1. The molecule has 2 aromatic rings. The third-order valence-electron chi connectivity index (χ3n) is 5.05. The summed E-state index contributed by atoms with van der Waals surface area (Å²) in [4.78, 5) is 15.0. The Hall–Kier alpha value is -1.26. The van der Waals surface area contributed by atoms with Crippen LogP contribution in [0.2, 0.25) is 15.1 Å². The molecule has 1 amide bonds. The van der Waals surface area contributed by atoms with Gasteiger partial charge in [0.25, 0.3) is 0 Å². The number of benzene rings is 2. The monoisotopic (exact) mass is 424 g/mol. The quantitative estimate of drug-likeness (QED) is 0.663. The number of nitrogens with one attached hydrogen (secondary N) is 1. The van der Waals surface area contributed by atoms with Gasteiger partial charge in [-0.05, 0) is 56.1 Å². The number of nitrogens with zero attached hydrogens (tertiary/aromatic N) is 1. The van der Waals surface area contributed by atoms with E-state index in [0.717, 1.165) is 30.5 Å². The second-order valence-corrected chi connectivity index (χ2v) is 8.31. The molecule has 2 atom stereocenters. The van der Waals surface area contributed by atoms with Crippen molar-refractivity contribution in [3.8, 4) is 0 Å². The molecule has 0 spiro atoms. The number of likely N-dealkylation sites (tertiary alicyclic amines) is 1. The molecule has 0 radical (unpaired) electrons. The molecule has 3 rings (SSSR count). The summed E-state index contributed by atoms with van der Waals surface area (Å²) in [7, 11) is 0. The van der Waals surface area contributed by atoms with Gasteiger partial charge in [0.05, 0.1) is 12.0 Å². The fraction of sp³-hybridized carbons (Fsp3) is 0.381. The van der Waals surface area contributed by atoms with Crippen molar-refractivity contribution in [3.63, 3.8) is 0 Å². The van der Waals surface area contributed by atoms with Crippen LogP contribution in [0, 0.1) is 5.92 Å². The Kier molecular flexibility index (Phi) is 7.04. The zero-order chi connectivity index (χ0) is 19.4. The molecule has 3 nitrogen and oxygen atoms in total. The van der Waals surface area contributed by atoms with Gasteiger partial charge in [-0.25, -0.2) is 0 Å². The molecule has 144 valence electrons. The molecule has 0 aliphatic carbocycles. The minimum atomic E-state index is -0.0526. The summed E-state index contributed by atoms with van der Waals surface area (Å²) in [6.45, 7) is 4.30. The lowest BCUT2D eigenvalue weighted by molar-refractivity contribution is -0.127. The van der Waals surface area contributed by atoms with Crippen molar-refractivity contribution in [2.75, 3.05) is 13.1 Å². The van der Waals surface area contributed by atoms with Gasteiger partial charge in [-0.1, -0.05) is 53.0 Å². The molecule has 1 aliphatic rings. The van der Waals surface area contributed by atoms with Gasteiger partial charge in [-0.2, -0.15) is 0 Å². The standard InChI is InChI=1S/C21H23Cl3N2O/c1-14(15-7-9-17(22)10-8-15)25-21(27)16-4-3-11-26(12-16)13-18-19(23)5-2-6-20(18)24/h2,5-10,14,16H,3-4,11-13H2,1H3,(H,25,27). The second-order valence-electron chi connectivity index (χ2n) is 7.06. The molecule has 0 bridgehead atoms. The summed E-state index contributed by atoms with van der Waals surface area (Å²) < 4.78 is 0. The average molecular weight is 426 g/mol. The van der Waals surface area contributed by atoms with Crippen molar-refractivity contribution in [3.05, 3.63) is 68.7 Å². The normalized spacial score (nSPS) is 18.9. The van der Waals surface area contributed by atoms with E-state index >= 15 is 0 Å². The van der Waals surface area contributed by atoms with Crippen LogP contribution in [0.3, 0.4) is 0 Å². The molecule has 1 heterocycles. The number of amides is 1. The molecular weight excluding hydrogens is 403 g/mol. The van der Waals surface area contributed by atoms with Gasteiger partial charge in [0, 0.05) is 33.7 Å². The van der Waals surface area contributed by atoms with E-state index in [1.54, 1.807) is 0 Å². The first-order valence-corrected chi connectivity index (χ1v) is 10.3. The lowest BCUT2D eigenvalue weighted by Crippen LogP contribution is -2.43. The molecule has 1 aliphatic heterocycles. The summed E-state index contributed by atoms with van der Waals surface area (Å²) >= 11 is 18.5. The van der Waals surface area contributed by atoms with Crippen LogP contribution < -0.4 is 5.32 Å². The Morgan fingerprint density at radius 1 is 1.15 bits per heavy atom. The van der Waals surface area contributed by atoms with E-state index in [-0.39, 0.29) is 17.9 Å². The van der Waals surface area contributed by atoms with Crippen LogP contribution in [-0.4, -0.2) is 23.9 Å². The molecule has 2 aromatic carbocycles. The molecule has 2 unspecified atom stereocenters. The smallest absolute Gasteiger partial charge is 0.224 e. The Labute approximate surface area is 175 Å². The lowest BCUT2D eigenvalue weighted by Gasteiger charge is -2.33. The summed E-state index contributed by atoms with van der Waals surface area (Å²) in [5.41, 5.74) is 1.97. The Bertz CT molecular complexity index is 774. The predicted molar refractivity (Wildman–Crippen MR) is 112 cm³/mol. The highest BCUT2D eigenvalue weighted by Gasteiger charge is 2.27. The third-order valence-corrected chi connectivity index (χ3v) is 6.01. The van der Waals surface area contributed by atoms with Crippen molar-refractivity contribution < 1.29 is 4.79 Å². The van der Waals surface area contributed by atoms with E-state index in [1.165, 1.54) is 0 Å². The van der Waals surface area contributed by atoms with Crippen LogP contribution in [0.4, 0.5) is 0 Å². The van der Waals surface area contributed by atoms with E-state index < -0.39 is 0 Å². The number of rotatable bonds is 5. The van der Waals surface area contributed by atoms with Crippen LogP contribution in [0.5, 0.6) is 0 Å². The number of carbonyl (C=O) groups is 1. The van der Waals surface area contributed by atoms with Crippen LogP contribution in [0.25, 0.3) is 0 Å². The highest BCUT2D eigenvalue weighted by atomic mass is 35.5. The minimum Gasteiger partial charge on any atom is -0.349 e. The molecule has 1 N–H and O–H groups in total. The first-order valence-electron chi connectivity index (χ1n) is 9.15. The van der Waals surface area contributed by atoms with Gasteiger partial charge in [0.2, 0.25) is 5.91 Å². The van der Waals surface area contributed by atoms with Gasteiger partial charge in [-0.15, -0.1) is 0 Å². The van der Waals surface area contributed by atoms with Crippen LogP contribution in [-0.2, 0) is 11.3 Å². The highest BCUT2D eigenvalue weighted by molar-refractivity contribution is 6.36. The fourth-order valence-electron chi connectivity index (χ4n) is 3.49. The zero-order valence-electron chi connectivity index (χ0n) is 15.2.